The zero-order valence-electron chi connectivity index (χ0n) is 12.2. The number of carboxylic acids is 1. The van der Waals surface area contributed by atoms with Gasteiger partial charge in [0.15, 0.2) is 6.10 Å². The van der Waals surface area contributed by atoms with Crippen LogP contribution in [0.3, 0.4) is 0 Å². The first kappa shape index (κ1) is 16.2. The fourth-order valence-electron chi connectivity index (χ4n) is 1.75. The Morgan fingerprint density at radius 1 is 1.50 bits per heavy atom. The minimum atomic E-state index is -1.11. The smallest absolute Gasteiger partial charge is 0.334 e. The van der Waals surface area contributed by atoms with Crippen molar-refractivity contribution in [2.24, 2.45) is 5.92 Å². The SMILES string of the molecule is COC(CNC(=O)c1cnn(CC(C)C)c1C)C(=O)O. The van der Waals surface area contributed by atoms with Gasteiger partial charge in [-0.3, -0.25) is 9.48 Å². The number of amides is 1. The van der Waals surface area contributed by atoms with Crippen LogP contribution in [0.1, 0.15) is 29.9 Å². The summed E-state index contributed by atoms with van der Waals surface area (Å²) < 4.78 is 6.52. The Balaban J connectivity index is 2.69. The standard InChI is InChI=1S/C13H21N3O4/c1-8(2)7-16-9(3)10(5-15-16)12(17)14-6-11(20-4)13(18)19/h5,8,11H,6-7H2,1-4H3,(H,14,17)(H,18,19). The Morgan fingerprint density at radius 2 is 2.15 bits per heavy atom. The molecule has 1 unspecified atom stereocenters. The van der Waals surface area contributed by atoms with Gasteiger partial charge in [-0.1, -0.05) is 13.8 Å². The first-order valence-electron chi connectivity index (χ1n) is 6.43. The lowest BCUT2D eigenvalue weighted by atomic mass is 10.2. The normalized spacial score (nSPS) is 12.4. The van der Waals surface area contributed by atoms with E-state index < -0.39 is 12.1 Å². The number of hydrogen-bond acceptors (Lipinski definition) is 4. The Kier molecular flexibility index (Phi) is 5.69. The van der Waals surface area contributed by atoms with Crippen molar-refractivity contribution >= 4 is 11.9 Å². The average Bonchev–Trinajstić information content (AvgIpc) is 2.70. The number of aliphatic carboxylic acids is 1. The van der Waals surface area contributed by atoms with Crippen molar-refractivity contribution in [2.75, 3.05) is 13.7 Å². The predicted octanol–water partition coefficient (Wildman–Crippen LogP) is 0.677. The number of aromatic nitrogens is 2. The van der Waals surface area contributed by atoms with Gasteiger partial charge in [-0.25, -0.2) is 4.79 Å². The van der Waals surface area contributed by atoms with Crippen molar-refractivity contribution < 1.29 is 19.4 Å². The van der Waals surface area contributed by atoms with Gasteiger partial charge >= 0.3 is 5.97 Å². The molecule has 0 saturated carbocycles. The number of rotatable bonds is 7. The minimum absolute atomic E-state index is 0.0839. The highest BCUT2D eigenvalue weighted by Gasteiger charge is 2.19. The summed E-state index contributed by atoms with van der Waals surface area (Å²) in [5, 5.41) is 15.5. The number of carbonyl (C=O) groups is 2. The molecule has 0 aliphatic rings. The van der Waals surface area contributed by atoms with Crippen molar-refractivity contribution in [3.8, 4) is 0 Å². The van der Waals surface area contributed by atoms with E-state index in [1.807, 2.05) is 6.92 Å². The molecule has 0 aliphatic carbocycles. The van der Waals surface area contributed by atoms with E-state index in [9.17, 15) is 9.59 Å². The van der Waals surface area contributed by atoms with Crippen LogP contribution in [0.5, 0.6) is 0 Å². The van der Waals surface area contributed by atoms with Gasteiger partial charge in [0.25, 0.3) is 5.91 Å². The maximum Gasteiger partial charge on any atom is 0.334 e. The number of nitrogens with one attached hydrogen (secondary N) is 1. The minimum Gasteiger partial charge on any atom is -0.479 e. The monoisotopic (exact) mass is 283 g/mol. The largest absolute Gasteiger partial charge is 0.479 e. The Bertz CT molecular complexity index is 482. The zero-order chi connectivity index (χ0) is 15.3. The fourth-order valence-corrected chi connectivity index (χ4v) is 1.75. The van der Waals surface area contributed by atoms with E-state index in [1.165, 1.54) is 13.3 Å². The summed E-state index contributed by atoms with van der Waals surface area (Å²) in [5.41, 5.74) is 1.21. The van der Waals surface area contributed by atoms with Crippen LogP contribution in [0.25, 0.3) is 0 Å². The Hall–Kier alpha value is -1.89. The van der Waals surface area contributed by atoms with Crippen molar-refractivity contribution in [3.05, 3.63) is 17.5 Å². The molecule has 0 aromatic carbocycles. The van der Waals surface area contributed by atoms with E-state index in [0.29, 0.717) is 11.5 Å². The number of carboxylic acid groups (broad SMARTS) is 1. The highest BCUT2D eigenvalue weighted by molar-refractivity contribution is 5.95. The lowest BCUT2D eigenvalue weighted by Gasteiger charge is -2.11. The first-order chi connectivity index (χ1) is 9.36. The van der Waals surface area contributed by atoms with Crippen LogP contribution in [-0.2, 0) is 16.1 Å². The van der Waals surface area contributed by atoms with E-state index >= 15 is 0 Å². The maximum absolute atomic E-state index is 12.0. The summed E-state index contributed by atoms with van der Waals surface area (Å²) in [4.78, 5) is 22.8. The second-order valence-electron chi connectivity index (χ2n) is 4.99. The summed E-state index contributed by atoms with van der Waals surface area (Å²) >= 11 is 0. The highest BCUT2D eigenvalue weighted by atomic mass is 16.5. The highest BCUT2D eigenvalue weighted by Crippen LogP contribution is 2.09. The second kappa shape index (κ2) is 7.04. The van der Waals surface area contributed by atoms with Crippen LogP contribution < -0.4 is 5.32 Å². The zero-order valence-corrected chi connectivity index (χ0v) is 12.2. The molecule has 7 nitrogen and oxygen atoms in total. The molecule has 0 spiro atoms. The molecule has 20 heavy (non-hydrogen) atoms. The van der Waals surface area contributed by atoms with Crippen LogP contribution in [-0.4, -0.2) is 46.5 Å². The molecule has 0 fully saturated rings. The number of methoxy groups -OCH3 is 1. The molecule has 1 aromatic rings. The number of nitrogens with zero attached hydrogens (tertiary/aromatic N) is 2. The molecule has 0 saturated heterocycles. The second-order valence-corrected chi connectivity index (χ2v) is 4.99. The van der Waals surface area contributed by atoms with Crippen molar-refractivity contribution in [1.82, 2.24) is 15.1 Å². The molecule has 0 bridgehead atoms. The molecule has 1 rings (SSSR count). The van der Waals surface area contributed by atoms with Crippen molar-refractivity contribution in [3.63, 3.8) is 0 Å². The van der Waals surface area contributed by atoms with Crippen LogP contribution in [0.4, 0.5) is 0 Å². The number of hydrogen-bond donors (Lipinski definition) is 2. The third kappa shape index (κ3) is 4.06. The van der Waals surface area contributed by atoms with Gasteiger partial charge in [-0.2, -0.15) is 5.10 Å². The van der Waals surface area contributed by atoms with Gasteiger partial charge in [-0.15, -0.1) is 0 Å². The molecular formula is C13H21N3O4. The molecule has 0 radical (unpaired) electrons. The van der Waals surface area contributed by atoms with E-state index in [-0.39, 0.29) is 12.5 Å². The summed E-state index contributed by atoms with van der Waals surface area (Å²) in [5.74, 6) is -1.03. The number of ether oxygens (including phenoxy) is 1. The van der Waals surface area contributed by atoms with Crippen LogP contribution in [0.15, 0.2) is 6.20 Å². The lowest BCUT2D eigenvalue weighted by Crippen LogP contribution is -2.38. The predicted molar refractivity (Wildman–Crippen MR) is 72.6 cm³/mol. The quantitative estimate of drug-likeness (QED) is 0.767. The van der Waals surface area contributed by atoms with Crippen molar-refractivity contribution in [2.45, 2.75) is 33.4 Å². The van der Waals surface area contributed by atoms with Gasteiger partial charge in [-0.05, 0) is 12.8 Å². The summed E-state index contributed by atoms with van der Waals surface area (Å²) in [6.45, 7) is 6.59. The summed E-state index contributed by atoms with van der Waals surface area (Å²) in [6.07, 6.45) is 0.445. The Labute approximate surface area is 117 Å². The van der Waals surface area contributed by atoms with E-state index in [1.54, 1.807) is 4.68 Å². The van der Waals surface area contributed by atoms with Gasteiger partial charge < -0.3 is 15.2 Å². The van der Waals surface area contributed by atoms with Gasteiger partial charge in [0.05, 0.1) is 18.3 Å². The van der Waals surface area contributed by atoms with Crippen LogP contribution in [0.2, 0.25) is 0 Å². The van der Waals surface area contributed by atoms with E-state index in [2.05, 4.69) is 24.3 Å². The maximum atomic E-state index is 12.0. The molecule has 1 atom stereocenters. The molecular weight excluding hydrogens is 262 g/mol. The van der Waals surface area contributed by atoms with Crippen molar-refractivity contribution in [1.29, 1.82) is 0 Å². The average molecular weight is 283 g/mol. The van der Waals surface area contributed by atoms with Gasteiger partial charge in [0, 0.05) is 19.3 Å². The van der Waals surface area contributed by atoms with Crippen LogP contribution in [0, 0.1) is 12.8 Å². The summed E-state index contributed by atoms with van der Waals surface area (Å²) in [6, 6.07) is 0. The van der Waals surface area contributed by atoms with Gasteiger partial charge in [0.1, 0.15) is 0 Å². The Morgan fingerprint density at radius 3 is 2.65 bits per heavy atom. The van der Waals surface area contributed by atoms with E-state index in [0.717, 1.165) is 12.2 Å². The van der Waals surface area contributed by atoms with Crippen LogP contribution >= 0.6 is 0 Å². The third-order valence-corrected chi connectivity index (χ3v) is 2.89. The molecule has 2 N–H and O–H groups in total. The lowest BCUT2D eigenvalue weighted by molar-refractivity contribution is -0.148. The molecule has 112 valence electrons. The third-order valence-electron chi connectivity index (χ3n) is 2.89. The number of carbonyl (C=O) groups excluding carboxylic acids is 1. The molecule has 7 heteroatoms. The molecule has 1 heterocycles. The first-order valence-corrected chi connectivity index (χ1v) is 6.43. The van der Waals surface area contributed by atoms with E-state index in [4.69, 9.17) is 9.84 Å². The molecule has 1 aromatic heterocycles. The van der Waals surface area contributed by atoms with Gasteiger partial charge in [0.2, 0.25) is 0 Å². The molecule has 1 amide bonds. The molecule has 0 aliphatic heterocycles. The summed E-state index contributed by atoms with van der Waals surface area (Å²) in [7, 11) is 1.29. The fraction of sp³-hybridized carbons (Fsp3) is 0.615. The topological polar surface area (TPSA) is 93.5 Å².